The molecule has 0 aliphatic heterocycles. The number of nitrogens with zero attached hydrogens (tertiary/aromatic N) is 2. The molecule has 1 saturated carbocycles. The van der Waals surface area contributed by atoms with Crippen molar-refractivity contribution in [2.45, 2.75) is 44.2 Å². The summed E-state index contributed by atoms with van der Waals surface area (Å²) >= 11 is 1.66. The summed E-state index contributed by atoms with van der Waals surface area (Å²) in [5.74, 6) is 0. The highest BCUT2D eigenvalue weighted by Gasteiger charge is 2.28. The Bertz CT molecular complexity index is 304. The molecule has 1 aliphatic carbocycles. The third-order valence-corrected chi connectivity index (χ3v) is 4.14. The monoisotopic (exact) mass is 239 g/mol. The van der Waals surface area contributed by atoms with Crippen molar-refractivity contribution in [3.8, 4) is 0 Å². The molecule has 0 saturated heterocycles. The molecular formula is C12H21N3S. The second kappa shape index (κ2) is 5.25. The first-order valence-electron chi connectivity index (χ1n) is 6.02. The number of hydrogen-bond donors (Lipinski definition) is 1. The van der Waals surface area contributed by atoms with Crippen molar-refractivity contribution < 1.29 is 0 Å². The van der Waals surface area contributed by atoms with E-state index in [-0.39, 0.29) is 5.54 Å². The molecule has 1 aromatic rings. The van der Waals surface area contributed by atoms with Gasteiger partial charge in [-0.3, -0.25) is 0 Å². The molecule has 0 amide bonds. The SMILES string of the molecule is CN(CCC1(N)CCCC1)Cc1cscn1. The van der Waals surface area contributed by atoms with Crippen molar-refractivity contribution in [1.82, 2.24) is 9.88 Å². The van der Waals surface area contributed by atoms with E-state index in [2.05, 4.69) is 22.3 Å². The lowest BCUT2D eigenvalue weighted by atomic mass is 9.94. The van der Waals surface area contributed by atoms with Gasteiger partial charge < -0.3 is 10.6 Å². The molecule has 16 heavy (non-hydrogen) atoms. The van der Waals surface area contributed by atoms with Crippen molar-refractivity contribution >= 4 is 11.3 Å². The van der Waals surface area contributed by atoms with Crippen LogP contribution in [0.15, 0.2) is 10.9 Å². The molecule has 2 rings (SSSR count). The van der Waals surface area contributed by atoms with E-state index in [1.54, 1.807) is 11.3 Å². The molecule has 1 aromatic heterocycles. The van der Waals surface area contributed by atoms with Gasteiger partial charge in [0, 0.05) is 17.5 Å². The standard InChI is InChI=1S/C12H21N3S/c1-15(8-11-9-16-10-14-11)7-6-12(13)4-2-3-5-12/h9-10H,2-8,13H2,1H3. The molecule has 2 N–H and O–H groups in total. The van der Waals surface area contributed by atoms with Crippen LogP contribution in [0.3, 0.4) is 0 Å². The summed E-state index contributed by atoms with van der Waals surface area (Å²) in [5.41, 5.74) is 9.53. The van der Waals surface area contributed by atoms with Gasteiger partial charge in [0.05, 0.1) is 11.2 Å². The average molecular weight is 239 g/mol. The van der Waals surface area contributed by atoms with E-state index in [1.165, 1.54) is 31.4 Å². The maximum absolute atomic E-state index is 6.34. The summed E-state index contributed by atoms with van der Waals surface area (Å²) in [7, 11) is 2.15. The highest BCUT2D eigenvalue weighted by molar-refractivity contribution is 7.07. The van der Waals surface area contributed by atoms with Crippen molar-refractivity contribution in [2.75, 3.05) is 13.6 Å². The van der Waals surface area contributed by atoms with Crippen LogP contribution in [0.25, 0.3) is 0 Å². The minimum absolute atomic E-state index is 0.121. The minimum Gasteiger partial charge on any atom is -0.325 e. The average Bonchev–Trinajstić information content (AvgIpc) is 2.88. The smallest absolute Gasteiger partial charge is 0.0795 e. The number of hydrogen-bond acceptors (Lipinski definition) is 4. The van der Waals surface area contributed by atoms with Crippen LogP contribution < -0.4 is 5.73 Å². The fourth-order valence-corrected chi connectivity index (χ4v) is 2.96. The maximum Gasteiger partial charge on any atom is 0.0795 e. The van der Waals surface area contributed by atoms with Crippen LogP contribution >= 0.6 is 11.3 Å². The maximum atomic E-state index is 6.34. The lowest BCUT2D eigenvalue weighted by Gasteiger charge is -2.26. The van der Waals surface area contributed by atoms with Crippen LogP contribution in [0.2, 0.25) is 0 Å². The predicted octanol–water partition coefficient (Wildman–Crippen LogP) is 2.24. The van der Waals surface area contributed by atoms with Gasteiger partial charge in [-0.2, -0.15) is 0 Å². The predicted molar refractivity (Wildman–Crippen MR) is 68.5 cm³/mol. The number of rotatable bonds is 5. The lowest BCUT2D eigenvalue weighted by molar-refractivity contribution is 0.271. The van der Waals surface area contributed by atoms with Crippen LogP contribution in [-0.4, -0.2) is 29.0 Å². The van der Waals surface area contributed by atoms with E-state index < -0.39 is 0 Å². The third-order valence-electron chi connectivity index (χ3n) is 3.51. The Morgan fingerprint density at radius 2 is 2.25 bits per heavy atom. The Labute approximate surface area is 102 Å². The summed E-state index contributed by atoms with van der Waals surface area (Å²) in [4.78, 5) is 6.62. The summed E-state index contributed by atoms with van der Waals surface area (Å²) in [5, 5.41) is 2.12. The lowest BCUT2D eigenvalue weighted by Crippen LogP contribution is -2.39. The van der Waals surface area contributed by atoms with Crippen molar-refractivity contribution in [2.24, 2.45) is 5.73 Å². The van der Waals surface area contributed by atoms with E-state index >= 15 is 0 Å². The van der Waals surface area contributed by atoms with Gasteiger partial charge in [-0.1, -0.05) is 12.8 Å². The van der Waals surface area contributed by atoms with Gasteiger partial charge >= 0.3 is 0 Å². The molecule has 1 fully saturated rings. The van der Waals surface area contributed by atoms with Crippen LogP contribution in [0.1, 0.15) is 37.8 Å². The second-order valence-electron chi connectivity index (χ2n) is 5.04. The molecule has 0 aromatic carbocycles. The Balaban J connectivity index is 1.73. The largest absolute Gasteiger partial charge is 0.325 e. The summed E-state index contributed by atoms with van der Waals surface area (Å²) in [6.45, 7) is 2.02. The Hall–Kier alpha value is -0.450. The minimum atomic E-state index is 0.121. The molecule has 4 heteroatoms. The first-order chi connectivity index (χ1) is 7.68. The summed E-state index contributed by atoms with van der Waals surface area (Å²) in [6.07, 6.45) is 6.15. The van der Waals surface area contributed by atoms with Gasteiger partial charge in [-0.15, -0.1) is 11.3 Å². The molecule has 90 valence electrons. The first kappa shape index (κ1) is 12.0. The van der Waals surface area contributed by atoms with Crippen molar-refractivity contribution in [1.29, 1.82) is 0 Å². The molecule has 0 spiro atoms. The molecule has 0 radical (unpaired) electrons. The summed E-state index contributed by atoms with van der Waals surface area (Å²) < 4.78 is 0. The van der Waals surface area contributed by atoms with E-state index in [0.29, 0.717) is 0 Å². The zero-order chi connectivity index (χ0) is 11.4. The Kier molecular flexibility index (Phi) is 3.95. The van der Waals surface area contributed by atoms with Gasteiger partial charge in [0.25, 0.3) is 0 Å². The molecule has 3 nitrogen and oxygen atoms in total. The second-order valence-corrected chi connectivity index (χ2v) is 5.76. The van der Waals surface area contributed by atoms with Gasteiger partial charge in [0.15, 0.2) is 0 Å². The van der Waals surface area contributed by atoms with Gasteiger partial charge in [0.1, 0.15) is 0 Å². The number of thiazole rings is 1. The van der Waals surface area contributed by atoms with Gasteiger partial charge in [0.2, 0.25) is 0 Å². The highest BCUT2D eigenvalue weighted by atomic mass is 32.1. The van der Waals surface area contributed by atoms with E-state index in [0.717, 1.165) is 19.5 Å². The molecule has 0 atom stereocenters. The van der Waals surface area contributed by atoms with Crippen LogP contribution in [0.5, 0.6) is 0 Å². The molecule has 1 aliphatic rings. The van der Waals surface area contributed by atoms with Crippen molar-refractivity contribution in [3.63, 3.8) is 0 Å². The van der Waals surface area contributed by atoms with Crippen molar-refractivity contribution in [3.05, 3.63) is 16.6 Å². The Morgan fingerprint density at radius 3 is 2.88 bits per heavy atom. The van der Waals surface area contributed by atoms with Gasteiger partial charge in [-0.05, 0) is 32.9 Å². The van der Waals surface area contributed by atoms with Crippen LogP contribution in [0, 0.1) is 0 Å². The van der Waals surface area contributed by atoms with E-state index in [9.17, 15) is 0 Å². The van der Waals surface area contributed by atoms with Gasteiger partial charge in [-0.25, -0.2) is 4.98 Å². The first-order valence-corrected chi connectivity index (χ1v) is 6.97. The van der Waals surface area contributed by atoms with Crippen LogP contribution in [0.4, 0.5) is 0 Å². The fourth-order valence-electron chi connectivity index (χ4n) is 2.41. The van der Waals surface area contributed by atoms with Crippen LogP contribution in [-0.2, 0) is 6.54 Å². The van der Waals surface area contributed by atoms with E-state index in [4.69, 9.17) is 5.73 Å². The zero-order valence-corrected chi connectivity index (χ0v) is 10.8. The number of aromatic nitrogens is 1. The molecule has 0 unspecified atom stereocenters. The fraction of sp³-hybridized carbons (Fsp3) is 0.750. The third kappa shape index (κ3) is 3.27. The zero-order valence-electron chi connectivity index (χ0n) is 9.98. The normalized spacial score (nSPS) is 19.4. The number of nitrogens with two attached hydrogens (primary N) is 1. The quantitative estimate of drug-likeness (QED) is 0.857. The topological polar surface area (TPSA) is 42.1 Å². The highest BCUT2D eigenvalue weighted by Crippen LogP contribution is 2.30. The van der Waals surface area contributed by atoms with E-state index in [1.807, 2.05) is 5.51 Å². The summed E-state index contributed by atoms with van der Waals surface area (Å²) in [6, 6.07) is 0. The Morgan fingerprint density at radius 1 is 1.50 bits per heavy atom. The molecular weight excluding hydrogens is 218 g/mol. The molecule has 0 bridgehead atoms. The molecule has 1 heterocycles.